The van der Waals surface area contributed by atoms with Gasteiger partial charge >= 0.3 is 0 Å². The molecule has 6 nitrogen and oxygen atoms in total. The van der Waals surface area contributed by atoms with Crippen molar-refractivity contribution in [3.05, 3.63) is 0 Å². The van der Waals surface area contributed by atoms with E-state index in [0.29, 0.717) is 13.0 Å². The Morgan fingerprint density at radius 1 is 1.38 bits per heavy atom. The van der Waals surface area contributed by atoms with Crippen LogP contribution < -0.4 is 17.2 Å². The van der Waals surface area contributed by atoms with Crippen LogP contribution in [0.2, 0.25) is 0 Å². The third kappa shape index (κ3) is 5.02. The van der Waals surface area contributed by atoms with Crippen LogP contribution in [0.1, 0.15) is 6.42 Å². The second kappa shape index (κ2) is 5.36. The fourth-order valence-electron chi connectivity index (χ4n) is 0.971. The Morgan fingerprint density at radius 2 is 1.92 bits per heavy atom. The predicted molar refractivity (Wildman–Crippen MR) is 52.0 cm³/mol. The van der Waals surface area contributed by atoms with Crippen LogP contribution in [0, 0.1) is 0 Å². The molecule has 0 saturated heterocycles. The molecule has 1 atom stereocenters. The molecule has 0 aromatic rings. The smallest absolute Gasteiger partial charge is 0.234 e. The first kappa shape index (κ1) is 11.7. The highest BCUT2D eigenvalue weighted by atomic mass is 16.1. The molecule has 0 spiro atoms. The first-order chi connectivity index (χ1) is 5.95. The predicted octanol–water partition coefficient (Wildman–Crippen LogP) is -1.93. The number of guanidine groups is 1. The van der Waals surface area contributed by atoms with E-state index in [9.17, 15) is 4.79 Å². The molecule has 6 N–H and O–H groups in total. The number of nitrogens with two attached hydrogens (primary N) is 3. The minimum Gasteiger partial charge on any atom is -0.370 e. The van der Waals surface area contributed by atoms with E-state index in [1.54, 1.807) is 19.0 Å². The molecule has 0 aromatic heterocycles. The highest BCUT2D eigenvalue weighted by Crippen LogP contribution is 1.98. The van der Waals surface area contributed by atoms with Crippen LogP contribution in [0.3, 0.4) is 0 Å². The van der Waals surface area contributed by atoms with Crippen LogP contribution in [0.25, 0.3) is 0 Å². The molecule has 0 aromatic carbocycles. The maximum atomic E-state index is 10.9. The van der Waals surface area contributed by atoms with Crippen molar-refractivity contribution >= 4 is 11.9 Å². The molecule has 0 fully saturated rings. The zero-order valence-electron chi connectivity index (χ0n) is 8.03. The summed E-state index contributed by atoms with van der Waals surface area (Å²) in [4.78, 5) is 16.4. The van der Waals surface area contributed by atoms with Crippen molar-refractivity contribution in [3.63, 3.8) is 0 Å². The highest BCUT2D eigenvalue weighted by molar-refractivity contribution is 5.80. The largest absolute Gasteiger partial charge is 0.370 e. The third-order valence-corrected chi connectivity index (χ3v) is 1.65. The maximum Gasteiger partial charge on any atom is 0.234 e. The molecule has 0 radical (unpaired) electrons. The number of amides is 1. The second-order valence-corrected chi connectivity index (χ2v) is 2.98. The number of hydrogen-bond donors (Lipinski definition) is 3. The lowest BCUT2D eigenvalue weighted by molar-refractivity contribution is -0.122. The molecular formula is C7H17N5O. The molecule has 0 heterocycles. The van der Waals surface area contributed by atoms with Crippen LogP contribution in [-0.2, 0) is 4.79 Å². The number of likely N-dealkylation sites (N-methyl/N-ethyl adjacent to an activating group) is 1. The first-order valence-electron chi connectivity index (χ1n) is 3.96. The van der Waals surface area contributed by atoms with Gasteiger partial charge in [-0.05, 0) is 20.5 Å². The number of aliphatic imine (C=N–C) groups is 1. The van der Waals surface area contributed by atoms with Gasteiger partial charge in [0.1, 0.15) is 0 Å². The zero-order valence-corrected chi connectivity index (χ0v) is 8.03. The van der Waals surface area contributed by atoms with Crippen LogP contribution in [0.4, 0.5) is 0 Å². The van der Waals surface area contributed by atoms with Gasteiger partial charge in [-0.2, -0.15) is 0 Å². The van der Waals surface area contributed by atoms with Crippen LogP contribution in [-0.4, -0.2) is 43.4 Å². The number of primary amides is 1. The topological polar surface area (TPSA) is 111 Å². The molecule has 1 amide bonds. The summed E-state index contributed by atoms with van der Waals surface area (Å²) >= 11 is 0. The summed E-state index contributed by atoms with van der Waals surface area (Å²) in [6.45, 7) is 0.411. The standard InChI is InChI=1S/C7H17N5O/c1-12(2)5(6(8)13)3-4-11-7(9)10/h5H,3-4H2,1-2H3,(H2,8,13)(H4,9,10,11). The van der Waals surface area contributed by atoms with Gasteiger partial charge in [-0.3, -0.25) is 14.7 Å². The van der Waals surface area contributed by atoms with Crippen LogP contribution >= 0.6 is 0 Å². The number of carbonyl (C=O) groups is 1. The summed E-state index contributed by atoms with van der Waals surface area (Å²) in [7, 11) is 3.57. The Hall–Kier alpha value is -1.30. The highest BCUT2D eigenvalue weighted by Gasteiger charge is 2.16. The Balaban J connectivity index is 3.98. The molecular weight excluding hydrogens is 170 g/mol. The Kier molecular flexibility index (Phi) is 4.83. The normalized spacial score (nSPS) is 12.5. The average molecular weight is 187 g/mol. The molecule has 0 aliphatic carbocycles. The van der Waals surface area contributed by atoms with Crippen LogP contribution in [0.15, 0.2) is 4.99 Å². The van der Waals surface area contributed by atoms with Crippen molar-refractivity contribution in [1.29, 1.82) is 0 Å². The fraction of sp³-hybridized carbons (Fsp3) is 0.714. The summed E-state index contributed by atoms with van der Waals surface area (Å²) in [6.07, 6.45) is 0.528. The van der Waals surface area contributed by atoms with E-state index in [-0.39, 0.29) is 17.9 Å². The summed E-state index contributed by atoms with van der Waals surface area (Å²) in [5.41, 5.74) is 15.4. The van der Waals surface area contributed by atoms with Crippen molar-refractivity contribution in [2.75, 3.05) is 20.6 Å². The quantitative estimate of drug-likeness (QED) is 0.343. The molecule has 76 valence electrons. The van der Waals surface area contributed by atoms with Gasteiger partial charge in [0.25, 0.3) is 0 Å². The van der Waals surface area contributed by atoms with E-state index in [4.69, 9.17) is 17.2 Å². The number of hydrogen-bond acceptors (Lipinski definition) is 3. The van der Waals surface area contributed by atoms with E-state index in [2.05, 4.69) is 4.99 Å². The van der Waals surface area contributed by atoms with Crippen molar-refractivity contribution in [2.24, 2.45) is 22.2 Å². The van der Waals surface area contributed by atoms with E-state index < -0.39 is 0 Å². The third-order valence-electron chi connectivity index (χ3n) is 1.65. The number of nitrogens with zero attached hydrogens (tertiary/aromatic N) is 2. The first-order valence-corrected chi connectivity index (χ1v) is 3.96. The summed E-state index contributed by atoms with van der Waals surface area (Å²) in [5.74, 6) is -0.335. The molecule has 0 saturated carbocycles. The van der Waals surface area contributed by atoms with Crippen molar-refractivity contribution in [2.45, 2.75) is 12.5 Å². The second-order valence-electron chi connectivity index (χ2n) is 2.98. The van der Waals surface area contributed by atoms with Gasteiger partial charge < -0.3 is 17.2 Å². The molecule has 0 rings (SSSR count). The minimum absolute atomic E-state index is 0.0296. The molecule has 13 heavy (non-hydrogen) atoms. The molecule has 0 aliphatic heterocycles. The van der Waals surface area contributed by atoms with Gasteiger partial charge in [-0.15, -0.1) is 0 Å². The number of rotatable bonds is 5. The van der Waals surface area contributed by atoms with Gasteiger partial charge in [-0.25, -0.2) is 0 Å². The van der Waals surface area contributed by atoms with Crippen molar-refractivity contribution in [1.82, 2.24) is 4.90 Å². The van der Waals surface area contributed by atoms with E-state index in [1.165, 1.54) is 0 Å². The summed E-state index contributed by atoms with van der Waals surface area (Å²) in [5, 5.41) is 0. The number of carbonyl (C=O) groups excluding carboxylic acids is 1. The lowest BCUT2D eigenvalue weighted by Gasteiger charge is -2.19. The van der Waals surface area contributed by atoms with Gasteiger partial charge in [0.2, 0.25) is 5.91 Å². The molecule has 0 aliphatic rings. The Labute approximate surface area is 77.8 Å². The molecule has 1 unspecified atom stereocenters. The van der Waals surface area contributed by atoms with Gasteiger partial charge in [0.05, 0.1) is 6.04 Å². The zero-order chi connectivity index (χ0) is 10.4. The Bertz CT molecular complexity index is 197. The van der Waals surface area contributed by atoms with E-state index in [1.807, 2.05) is 0 Å². The maximum absolute atomic E-state index is 10.9. The molecule has 6 heteroatoms. The van der Waals surface area contributed by atoms with Gasteiger partial charge in [0, 0.05) is 6.54 Å². The van der Waals surface area contributed by atoms with E-state index >= 15 is 0 Å². The van der Waals surface area contributed by atoms with Crippen LogP contribution in [0.5, 0.6) is 0 Å². The van der Waals surface area contributed by atoms with E-state index in [0.717, 1.165) is 0 Å². The SMILES string of the molecule is CN(C)C(CCN=C(N)N)C(N)=O. The minimum atomic E-state index is -0.365. The average Bonchev–Trinajstić information content (AvgIpc) is 1.95. The lowest BCUT2D eigenvalue weighted by Crippen LogP contribution is -2.41. The molecule has 0 bridgehead atoms. The fourth-order valence-corrected chi connectivity index (χ4v) is 0.971. The van der Waals surface area contributed by atoms with Gasteiger partial charge in [-0.1, -0.05) is 0 Å². The van der Waals surface area contributed by atoms with Crippen molar-refractivity contribution < 1.29 is 4.79 Å². The Morgan fingerprint density at radius 3 is 2.23 bits per heavy atom. The monoisotopic (exact) mass is 187 g/mol. The van der Waals surface area contributed by atoms with Gasteiger partial charge in [0.15, 0.2) is 5.96 Å². The van der Waals surface area contributed by atoms with Crippen molar-refractivity contribution in [3.8, 4) is 0 Å². The summed E-state index contributed by atoms with van der Waals surface area (Å²) < 4.78 is 0. The lowest BCUT2D eigenvalue weighted by atomic mass is 10.2. The summed E-state index contributed by atoms with van der Waals surface area (Å²) in [6, 6.07) is -0.317.